The third kappa shape index (κ3) is 4.60. The summed E-state index contributed by atoms with van der Waals surface area (Å²) in [6, 6.07) is 7.73. The lowest BCUT2D eigenvalue weighted by atomic mass is 10.2. The molecule has 0 unspecified atom stereocenters. The predicted molar refractivity (Wildman–Crippen MR) is 95.1 cm³/mol. The van der Waals surface area contributed by atoms with Gasteiger partial charge < -0.3 is 9.73 Å². The fourth-order valence-corrected chi connectivity index (χ4v) is 3.08. The highest BCUT2D eigenvalue weighted by Crippen LogP contribution is 2.20. The number of rotatable bonds is 5. The van der Waals surface area contributed by atoms with Crippen LogP contribution in [0.5, 0.6) is 0 Å². The summed E-state index contributed by atoms with van der Waals surface area (Å²) in [5.74, 6) is 0.189. The molecule has 1 saturated heterocycles. The van der Waals surface area contributed by atoms with Gasteiger partial charge in [-0.3, -0.25) is 14.6 Å². The Balaban J connectivity index is 1.51. The minimum absolute atomic E-state index is 0.151. The van der Waals surface area contributed by atoms with Crippen LogP contribution in [0.2, 0.25) is 5.02 Å². The molecule has 1 N–H and O–H groups in total. The number of hydrogen-bond acceptors (Lipinski definition) is 4. The highest BCUT2D eigenvalue weighted by molar-refractivity contribution is 6.30. The zero-order valence-corrected chi connectivity index (χ0v) is 14.8. The Bertz CT molecular complexity index is 715. The normalized spacial score (nSPS) is 17.4. The minimum atomic E-state index is -0.531. The maximum Gasteiger partial charge on any atom is 0.241 e. The highest BCUT2D eigenvalue weighted by atomic mass is 35.5. The molecule has 1 amide bonds. The Morgan fingerprint density at radius 2 is 2.08 bits per heavy atom. The summed E-state index contributed by atoms with van der Waals surface area (Å²) >= 11 is 5.73. The van der Waals surface area contributed by atoms with E-state index in [4.69, 9.17) is 16.0 Å². The maximum absolute atomic E-state index is 13.8. The van der Waals surface area contributed by atoms with Crippen LogP contribution >= 0.6 is 11.6 Å². The van der Waals surface area contributed by atoms with Crippen molar-refractivity contribution in [3.05, 3.63) is 53.2 Å². The number of nitrogens with one attached hydrogen (secondary N) is 1. The minimum Gasteiger partial charge on any atom is -0.468 e. The summed E-state index contributed by atoms with van der Waals surface area (Å²) in [5, 5.41) is 2.94. The molecule has 0 radical (unpaired) electrons. The summed E-state index contributed by atoms with van der Waals surface area (Å²) in [5.41, 5.74) is 0.151. The van der Waals surface area contributed by atoms with Crippen LogP contribution in [0.4, 0.5) is 10.1 Å². The van der Waals surface area contributed by atoms with Crippen LogP contribution in [0.15, 0.2) is 41.0 Å². The van der Waals surface area contributed by atoms with Crippen molar-refractivity contribution in [2.75, 3.05) is 31.5 Å². The average molecular weight is 366 g/mol. The fraction of sp³-hybridized carbons (Fsp3) is 0.389. The smallest absolute Gasteiger partial charge is 0.241 e. The van der Waals surface area contributed by atoms with E-state index in [1.165, 1.54) is 12.1 Å². The molecule has 7 heteroatoms. The molecule has 5 nitrogen and oxygen atoms in total. The number of carbonyl (C=O) groups is 1. The highest BCUT2D eigenvalue weighted by Gasteiger charge is 2.26. The van der Waals surface area contributed by atoms with Gasteiger partial charge in [-0.25, -0.2) is 4.39 Å². The van der Waals surface area contributed by atoms with Crippen LogP contribution in [0.1, 0.15) is 12.7 Å². The molecule has 1 aromatic carbocycles. The number of nitrogens with zero attached hydrogens (tertiary/aromatic N) is 2. The summed E-state index contributed by atoms with van der Waals surface area (Å²) in [6.45, 7) is 5.88. The molecule has 1 aromatic heterocycles. The summed E-state index contributed by atoms with van der Waals surface area (Å²) in [4.78, 5) is 16.8. The van der Waals surface area contributed by atoms with E-state index in [1.807, 2.05) is 19.1 Å². The topological polar surface area (TPSA) is 48.7 Å². The standard InChI is InChI=1S/C18H21ClFN3O2/c1-13(18(24)21-17-5-4-14(19)11-16(17)20)23-8-6-22(7-9-23)12-15-3-2-10-25-15/h2-5,10-11,13H,6-9,12H2,1H3,(H,21,24)/t13-/m0/s1. The van der Waals surface area contributed by atoms with E-state index < -0.39 is 5.82 Å². The molecule has 3 rings (SSSR count). The van der Waals surface area contributed by atoms with Crippen LogP contribution < -0.4 is 5.32 Å². The third-order valence-corrected chi connectivity index (χ3v) is 4.72. The number of amides is 1. The lowest BCUT2D eigenvalue weighted by Gasteiger charge is -2.37. The first-order chi connectivity index (χ1) is 12.0. The van der Waals surface area contributed by atoms with Crippen LogP contribution in [-0.4, -0.2) is 47.9 Å². The van der Waals surface area contributed by atoms with Gasteiger partial charge in [0, 0.05) is 31.2 Å². The predicted octanol–water partition coefficient (Wildman–Crippen LogP) is 3.22. The lowest BCUT2D eigenvalue weighted by Crippen LogP contribution is -2.52. The van der Waals surface area contributed by atoms with Gasteiger partial charge in [0.1, 0.15) is 11.6 Å². The first kappa shape index (κ1) is 17.9. The van der Waals surface area contributed by atoms with E-state index in [1.54, 1.807) is 12.3 Å². The zero-order chi connectivity index (χ0) is 17.8. The number of carbonyl (C=O) groups excluding carboxylic acids is 1. The fourth-order valence-electron chi connectivity index (χ4n) is 2.93. The van der Waals surface area contributed by atoms with E-state index >= 15 is 0 Å². The molecule has 25 heavy (non-hydrogen) atoms. The molecule has 2 heterocycles. The molecule has 2 aromatic rings. The maximum atomic E-state index is 13.8. The van der Waals surface area contributed by atoms with Crippen LogP contribution in [0.25, 0.3) is 0 Å². The molecule has 1 aliphatic rings. The van der Waals surface area contributed by atoms with E-state index in [0.717, 1.165) is 38.5 Å². The molecule has 0 bridgehead atoms. The lowest BCUT2D eigenvalue weighted by molar-refractivity contribution is -0.121. The second-order valence-corrected chi connectivity index (χ2v) is 6.62. The SMILES string of the molecule is C[C@@H](C(=O)Nc1ccc(Cl)cc1F)N1CCN(Cc2ccco2)CC1. The van der Waals surface area contributed by atoms with Crippen LogP contribution in [-0.2, 0) is 11.3 Å². The number of anilines is 1. The van der Waals surface area contributed by atoms with Gasteiger partial charge >= 0.3 is 0 Å². The Kier molecular flexibility index (Phi) is 5.73. The van der Waals surface area contributed by atoms with Gasteiger partial charge in [-0.2, -0.15) is 0 Å². The number of hydrogen-bond donors (Lipinski definition) is 1. The number of halogens is 2. The van der Waals surface area contributed by atoms with Crippen LogP contribution in [0.3, 0.4) is 0 Å². The van der Waals surface area contributed by atoms with Crippen LogP contribution in [0, 0.1) is 5.82 Å². The van der Waals surface area contributed by atoms with Gasteiger partial charge in [-0.1, -0.05) is 11.6 Å². The van der Waals surface area contributed by atoms with E-state index in [-0.39, 0.29) is 17.6 Å². The summed E-state index contributed by atoms with van der Waals surface area (Å²) in [7, 11) is 0. The number of benzene rings is 1. The van der Waals surface area contributed by atoms with Gasteiger partial charge in [-0.15, -0.1) is 0 Å². The quantitative estimate of drug-likeness (QED) is 0.883. The van der Waals surface area contributed by atoms with Crippen molar-refractivity contribution in [2.24, 2.45) is 0 Å². The molecule has 1 atom stereocenters. The molecule has 1 fully saturated rings. The summed E-state index contributed by atoms with van der Waals surface area (Å²) < 4.78 is 19.2. The second-order valence-electron chi connectivity index (χ2n) is 6.18. The molecule has 0 aliphatic carbocycles. The van der Waals surface area contributed by atoms with Gasteiger partial charge in [-0.05, 0) is 37.3 Å². The van der Waals surface area contributed by atoms with Crippen molar-refractivity contribution in [3.63, 3.8) is 0 Å². The van der Waals surface area contributed by atoms with Crippen molar-refractivity contribution in [1.29, 1.82) is 0 Å². The van der Waals surface area contributed by atoms with Crippen molar-refractivity contribution in [3.8, 4) is 0 Å². The van der Waals surface area contributed by atoms with Crippen molar-refractivity contribution in [2.45, 2.75) is 19.5 Å². The van der Waals surface area contributed by atoms with Crippen molar-refractivity contribution >= 4 is 23.2 Å². The Labute approximate surface area is 151 Å². The molecule has 134 valence electrons. The number of piperazine rings is 1. The van der Waals surface area contributed by atoms with Gasteiger partial charge in [0.2, 0.25) is 5.91 Å². The van der Waals surface area contributed by atoms with Gasteiger partial charge in [0.15, 0.2) is 0 Å². The zero-order valence-electron chi connectivity index (χ0n) is 14.0. The Hall–Kier alpha value is -1.89. The summed E-state index contributed by atoms with van der Waals surface area (Å²) in [6.07, 6.45) is 1.67. The third-order valence-electron chi connectivity index (χ3n) is 4.48. The van der Waals surface area contributed by atoms with Crippen molar-refractivity contribution in [1.82, 2.24) is 9.80 Å². The van der Waals surface area contributed by atoms with Gasteiger partial charge in [0.25, 0.3) is 0 Å². The first-order valence-electron chi connectivity index (χ1n) is 8.27. The number of furan rings is 1. The molecule has 1 aliphatic heterocycles. The largest absolute Gasteiger partial charge is 0.468 e. The Morgan fingerprint density at radius 3 is 2.72 bits per heavy atom. The van der Waals surface area contributed by atoms with E-state index in [0.29, 0.717) is 5.02 Å². The molecular formula is C18H21ClFN3O2. The Morgan fingerprint density at radius 1 is 1.32 bits per heavy atom. The average Bonchev–Trinajstić information content (AvgIpc) is 3.10. The molecule has 0 spiro atoms. The second kappa shape index (κ2) is 7.99. The van der Waals surface area contributed by atoms with E-state index in [9.17, 15) is 9.18 Å². The van der Waals surface area contributed by atoms with Gasteiger partial charge in [0.05, 0.1) is 24.5 Å². The first-order valence-corrected chi connectivity index (χ1v) is 8.65. The molecular weight excluding hydrogens is 345 g/mol. The monoisotopic (exact) mass is 365 g/mol. The molecule has 0 saturated carbocycles. The van der Waals surface area contributed by atoms with Crippen molar-refractivity contribution < 1.29 is 13.6 Å². The van der Waals surface area contributed by atoms with E-state index in [2.05, 4.69) is 15.1 Å².